The average Bonchev–Trinajstić information content (AvgIpc) is 2.08. The first-order valence-corrected chi connectivity index (χ1v) is 8.92. The summed E-state index contributed by atoms with van der Waals surface area (Å²) in [6.07, 6.45) is 1.11. The van der Waals surface area contributed by atoms with Crippen LogP contribution in [0.4, 0.5) is 0 Å². The van der Waals surface area contributed by atoms with Crippen LogP contribution in [0.5, 0.6) is 0 Å². The molecule has 0 saturated heterocycles. The van der Waals surface area contributed by atoms with E-state index in [0.717, 1.165) is 6.42 Å². The number of rotatable bonds is 5. The van der Waals surface area contributed by atoms with E-state index >= 15 is 0 Å². The minimum absolute atomic E-state index is 0.539. The van der Waals surface area contributed by atoms with Crippen molar-refractivity contribution in [2.45, 2.75) is 16.9 Å². The zero-order valence-corrected chi connectivity index (χ0v) is 14.7. The maximum absolute atomic E-state index is 5.34. The Bertz CT molecular complexity index is 99.7. The molecule has 5 heteroatoms. The Labute approximate surface area is 82.9 Å². The third-order valence-corrected chi connectivity index (χ3v) is 13.8. The van der Waals surface area contributed by atoms with Gasteiger partial charge in [0, 0.05) is 0 Å². The topological polar surface area (TPSA) is 27.7 Å². The van der Waals surface area contributed by atoms with E-state index in [0.29, 0.717) is 26.1 Å². The van der Waals surface area contributed by atoms with Crippen LogP contribution in [-0.4, -0.2) is 52.7 Å². The summed E-state index contributed by atoms with van der Waals surface area (Å²) in [5.74, 6) is 0. The molecule has 0 aromatic rings. The van der Waals surface area contributed by atoms with E-state index in [2.05, 4.69) is 6.92 Å². The van der Waals surface area contributed by atoms with Gasteiger partial charge in [0.25, 0.3) is 0 Å². The summed E-state index contributed by atoms with van der Waals surface area (Å²) >= 11 is 0.539. The van der Waals surface area contributed by atoms with Crippen LogP contribution < -0.4 is 0 Å². The second-order valence-corrected chi connectivity index (χ2v) is 13.2. The first-order chi connectivity index (χ1) is 5.16. The molecule has 0 bridgehead atoms. The molecule has 0 rings (SSSR count). The Hall–Kier alpha value is 0.896. The molecular weight excluding hydrogens is 267 g/mol. The van der Waals surface area contributed by atoms with Crippen LogP contribution >= 0.6 is 0 Å². The molecule has 68 valence electrons. The summed E-state index contributed by atoms with van der Waals surface area (Å²) in [5, 5.41) is 0. The minimum atomic E-state index is -2.23. The third kappa shape index (κ3) is 2.69. The van der Waals surface area contributed by atoms with Gasteiger partial charge in [0.1, 0.15) is 0 Å². The van der Waals surface area contributed by atoms with Crippen LogP contribution in [0.25, 0.3) is 0 Å². The van der Waals surface area contributed by atoms with Crippen LogP contribution in [0.3, 0.4) is 0 Å². The van der Waals surface area contributed by atoms with Gasteiger partial charge in [-0.15, -0.1) is 0 Å². The summed E-state index contributed by atoms with van der Waals surface area (Å²) in [4.78, 5) is 0. The molecule has 0 aliphatic rings. The van der Waals surface area contributed by atoms with E-state index < -0.39 is 8.80 Å². The second kappa shape index (κ2) is 5.53. The molecule has 3 nitrogen and oxygen atoms in total. The van der Waals surface area contributed by atoms with E-state index in [1.807, 2.05) is 0 Å². The molecule has 0 saturated carbocycles. The number of hydrogen-bond donors (Lipinski definition) is 0. The van der Waals surface area contributed by atoms with Gasteiger partial charge in [0.15, 0.2) is 0 Å². The fraction of sp³-hybridized carbons (Fsp3) is 1.00. The Balaban J connectivity index is 4.26. The van der Waals surface area contributed by atoms with E-state index in [1.165, 1.54) is 0 Å². The van der Waals surface area contributed by atoms with Crippen LogP contribution in [0.1, 0.15) is 13.3 Å². The van der Waals surface area contributed by atoms with Crippen molar-refractivity contribution >= 4 is 31.3 Å². The monoisotopic (exact) mass is 286 g/mol. The first kappa shape index (κ1) is 11.9. The summed E-state index contributed by atoms with van der Waals surface area (Å²) in [7, 11) is 2.81. The van der Waals surface area contributed by atoms with Crippen molar-refractivity contribution < 1.29 is 13.3 Å². The molecular formula is C6H18O3SiSn. The van der Waals surface area contributed by atoms with Gasteiger partial charge in [-0.3, -0.25) is 0 Å². The average molecular weight is 285 g/mol. The summed E-state index contributed by atoms with van der Waals surface area (Å²) < 4.78 is 16.6. The van der Waals surface area contributed by atoms with Crippen LogP contribution in [0.2, 0.25) is 3.56 Å². The standard InChI is InChI=1S/C6H15O3Si.Sn.3H/c1-5-6-10(7-2,8-3)9-4;;;;/h6H,5H2,1-4H3;;;;. The fourth-order valence-electron chi connectivity index (χ4n) is 1.10. The van der Waals surface area contributed by atoms with E-state index in [1.54, 1.807) is 21.3 Å². The molecule has 1 atom stereocenters. The maximum atomic E-state index is 5.34. The zero-order chi connectivity index (χ0) is 8.91. The molecule has 0 aliphatic heterocycles. The van der Waals surface area contributed by atoms with E-state index in [-0.39, 0.29) is 0 Å². The van der Waals surface area contributed by atoms with Crippen molar-refractivity contribution in [1.82, 2.24) is 0 Å². The van der Waals surface area contributed by atoms with Gasteiger partial charge in [0.2, 0.25) is 0 Å². The quantitative estimate of drug-likeness (QED) is 0.664. The van der Waals surface area contributed by atoms with Crippen LogP contribution in [0, 0.1) is 0 Å². The zero-order valence-electron chi connectivity index (χ0n) is 8.01. The van der Waals surface area contributed by atoms with Crippen LogP contribution in [0.15, 0.2) is 0 Å². The first-order valence-electron chi connectivity index (χ1n) is 3.82. The van der Waals surface area contributed by atoms with Crippen molar-refractivity contribution in [3.05, 3.63) is 0 Å². The Morgan fingerprint density at radius 3 is 1.64 bits per heavy atom. The molecule has 0 amide bonds. The van der Waals surface area contributed by atoms with Gasteiger partial charge in [-0.2, -0.15) is 0 Å². The predicted molar refractivity (Wildman–Crippen MR) is 50.8 cm³/mol. The van der Waals surface area contributed by atoms with Crippen molar-refractivity contribution in [3.63, 3.8) is 0 Å². The Morgan fingerprint density at radius 2 is 1.55 bits per heavy atom. The number of hydrogen-bond acceptors (Lipinski definition) is 3. The van der Waals surface area contributed by atoms with Crippen LogP contribution in [-0.2, 0) is 13.3 Å². The van der Waals surface area contributed by atoms with Crippen molar-refractivity contribution in [3.8, 4) is 0 Å². The fourth-order valence-corrected chi connectivity index (χ4v) is 9.37. The summed E-state index contributed by atoms with van der Waals surface area (Å²) in [6.45, 7) is 2.15. The van der Waals surface area contributed by atoms with Gasteiger partial charge in [-0.05, 0) is 0 Å². The SMILES string of the molecule is CC[CH]([SnH3])[Si](OC)(OC)OC. The third-order valence-electron chi connectivity index (χ3n) is 2.07. The summed E-state index contributed by atoms with van der Waals surface area (Å²) in [5.41, 5.74) is 0. The molecule has 0 spiro atoms. The normalized spacial score (nSPS) is 15.3. The van der Waals surface area contributed by atoms with Gasteiger partial charge in [0.05, 0.1) is 0 Å². The Morgan fingerprint density at radius 1 is 1.18 bits per heavy atom. The van der Waals surface area contributed by atoms with Crippen molar-refractivity contribution in [2.24, 2.45) is 0 Å². The second-order valence-electron chi connectivity index (χ2n) is 2.53. The van der Waals surface area contributed by atoms with Gasteiger partial charge < -0.3 is 0 Å². The molecule has 11 heavy (non-hydrogen) atoms. The molecule has 0 aliphatic carbocycles. The van der Waals surface area contributed by atoms with E-state index in [9.17, 15) is 0 Å². The Kier molecular flexibility index (Phi) is 5.98. The molecule has 0 fully saturated rings. The van der Waals surface area contributed by atoms with Crippen molar-refractivity contribution in [2.75, 3.05) is 21.3 Å². The van der Waals surface area contributed by atoms with Gasteiger partial charge in [-0.25, -0.2) is 0 Å². The van der Waals surface area contributed by atoms with Gasteiger partial charge in [-0.1, -0.05) is 0 Å². The molecule has 0 aromatic carbocycles. The van der Waals surface area contributed by atoms with Gasteiger partial charge >= 0.3 is 82.8 Å². The molecule has 1 unspecified atom stereocenters. The predicted octanol–water partition coefficient (Wildman–Crippen LogP) is -0.0324. The molecule has 0 radical (unpaired) electrons. The molecule has 0 heterocycles. The molecule has 0 N–H and O–H groups in total. The van der Waals surface area contributed by atoms with E-state index in [4.69, 9.17) is 13.3 Å². The molecule has 0 aromatic heterocycles. The summed E-state index contributed by atoms with van der Waals surface area (Å²) in [6, 6.07) is 0. The van der Waals surface area contributed by atoms with Crippen molar-refractivity contribution in [1.29, 1.82) is 0 Å².